The SMILES string of the molecule is Cc1ccc2sc(-c3ccccc3)nc2c1-c1n(C2CCCCC2)c2ccccc2[n+]1C. The van der Waals surface area contributed by atoms with Gasteiger partial charge in [-0.2, -0.15) is 0 Å². The number of benzene rings is 3. The van der Waals surface area contributed by atoms with Crippen molar-refractivity contribution >= 4 is 32.6 Å². The van der Waals surface area contributed by atoms with E-state index >= 15 is 0 Å². The van der Waals surface area contributed by atoms with Crippen molar-refractivity contribution in [1.29, 1.82) is 0 Å². The quantitative estimate of drug-likeness (QED) is 0.272. The van der Waals surface area contributed by atoms with Gasteiger partial charge in [-0.1, -0.05) is 55.0 Å². The number of rotatable bonds is 3. The summed E-state index contributed by atoms with van der Waals surface area (Å²) in [6, 6.07) is 24.5. The Morgan fingerprint density at radius 1 is 0.906 bits per heavy atom. The van der Waals surface area contributed by atoms with Gasteiger partial charge in [-0.15, -0.1) is 11.3 Å². The molecule has 32 heavy (non-hydrogen) atoms. The van der Waals surface area contributed by atoms with Crippen molar-refractivity contribution in [2.24, 2.45) is 7.05 Å². The second-order valence-corrected chi connectivity index (χ2v) is 10.1. The Labute approximate surface area is 193 Å². The van der Waals surface area contributed by atoms with Crippen molar-refractivity contribution in [3.8, 4) is 22.0 Å². The molecule has 0 bridgehead atoms. The molecular weight excluding hydrogens is 410 g/mol. The topological polar surface area (TPSA) is 21.7 Å². The lowest BCUT2D eigenvalue weighted by molar-refractivity contribution is -0.634. The highest BCUT2D eigenvalue weighted by Gasteiger charge is 2.33. The lowest BCUT2D eigenvalue weighted by atomic mass is 9.94. The molecule has 6 rings (SSSR count). The van der Waals surface area contributed by atoms with Gasteiger partial charge >= 0.3 is 0 Å². The lowest BCUT2D eigenvalue weighted by Crippen LogP contribution is -2.31. The molecule has 0 radical (unpaired) electrons. The zero-order chi connectivity index (χ0) is 21.7. The van der Waals surface area contributed by atoms with Gasteiger partial charge < -0.3 is 0 Å². The van der Waals surface area contributed by atoms with Crippen LogP contribution in [0.15, 0.2) is 66.7 Å². The standard InChI is InChI=1S/C28H28N3S/c1-19-17-18-24-26(29-27(32-24)20-11-5-3-6-12-20)25(19)28-30(2)22-15-9-10-16-23(22)31(28)21-13-7-4-8-14-21/h3,5-6,9-12,15-18,21H,4,7-8,13-14H2,1-2H3/q+1. The van der Waals surface area contributed by atoms with Gasteiger partial charge in [0.1, 0.15) is 11.0 Å². The predicted molar refractivity (Wildman–Crippen MR) is 134 cm³/mol. The smallest absolute Gasteiger partial charge is 0.235 e. The maximum Gasteiger partial charge on any atom is 0.292 e. The fourth-order valence-electron chi connectivity index (χ4n) is 5.42. The van der Waals surface area contributed by atoms with E-state index in [0.29, 0.717) is 6.04 Å². The number of aromatic nitrogens is 3. The number of thiazole rings is 1. The molecule has 3 nitrogen and oxygen atoms in total. The van der Waals surface area contributed by atoms with Crippen LogP contribution in [0.2, 0.25) is 0 Å². The fourth-order valence-corrected chi connectivity index (χ4v) is 6.40. The van der Waals surface area contributed by atoms with Gasteiger partial charge in [-0.25, -0.2) is 14.1 Å². The Morgan fingerprint density at radius 3 is 2.47 bits per heavy atom. The second-order valence-electron chi connectivity index (χ2n) is 9.02. The van der Waals surface area contributed by atoms with Crippen LogP contribution < -0.4 is 4.57 Å². The van der Waals surface area contributed by atoms with Crippen LogP contribution in [0.1, 0.15) is 43.7 Å². The van der Waals surface area contributed by atoms with Crippen LogP contribution in [0.4, 0.5) is 0 Å². The molecule has 4 heteroatoms. The summed E-state index contributed by atoms with van der Waals surface area (Å²) in [7, 11) is 2.22. The Morgan fingerprint density at radius 2 is 1.66 bits per heavy atom. The van der Waals surface area contributed by atoms with Crippen LogP contribution in [-0.4, -0.2) is 9.55 Å². The van der Waals surface area contributed by atoms with Gasteiger partial charge in [-0.3, -0.25) is 0 Å². The molecule has 1 saturated carbocycles. The van der Waals surface area contributed by atoms with Crippen LogP contribution in [-0.2, 0) is 7.05 Å². The molecule has 2 heterocycles. The molecule has 0 aliphatic heterocycles. The van der Waals surface area contributed by atoms with Gasteiger partial charge in [0, 0.05) is 5.56 Å². The highest BCUT2D eigenvalue weighted by molar-refractivity contribution is 7.21. The first-order chi connectivity index (χ1) is 15.7. The number of para-hydroxylation sites is 2. The molecule has 0 N–H and O–H groups in total. The number of hydrogen-bond donors (Lipinski definition) is 0. The number of imidazole rings is 1. The molecule has 1 aliphatic carbocycles. The highest BCUT2D eigenvalue weighted by Crippen LogP contribution is 2.40. The minimum atomic E-state index is 0.548. The number of hydrogen-bond acceptors (Lipinski definition) is 2. The summed E-state index contributed by atoms with van der Waals surface area (Å²) >= 11 is 1.79. The Balaban J connectivity index is 1.65. The van der Waals surface area contributed by atoms with Crippen molar-refractivity contribution in [1.82, 2.24) is 9.55 Å². The molecular formula is C28H28N3S+. The highest BCUT2D eigenvalue weighted by atomic mass is 32.1. The molecule has 2 aromatic heterocycles. The van der Waals surface area contributed by atoms with E-state index in [1.54, 1.807) is 11.3 Å². The molecule has 5 aromatic rings. The van der Waals surface area contributed by atoms with Crippen molar-refractivity contribution in [2.45, 2.75) is 45.1 Å². The molecule has 0 unspecified atom stereocenters. The van der Waals surface area contributed by atoms with E-state index in [2.05, 4.69) is 89.8 Å². The molecule has 0 saturated heterocycles. The van der Waals surface area contributed by atoms with Crippen molar-refractivity contribution in [3.05, 3.63) is 72.3 Å². The van der Waals surface area contributed by atoms with Gasteiger partial charge in [-0.05, 0) is 56.4 Å². The average molecular weight is 439 g/mol. The molecule has 3 aromatic carbocycles. The first kappa shape index (κ1) is 19.7. The Kier molecular flexibility index (Phi) is 4.83. The van der Waals surface area contributed by atoms with E-state index in [4.69, 9.17) is 4.98 Å². The third-order valence-electron chi connectivity index (χ3n) is 7.00. The summed E-state index contributed by atoms with van der Waals surface area (Å²) < 4.78 is 6.29. The van der Waals surface area contributed by atoms with Gasteiger partial charge in [0.25, 0.3) is 5.82 Å². The van der Waals surface area contributed by atoms with Crippen LogP contribution in [0, 0.1) is 6.92 Å². The maximum absolute atomic E-state index is 5.21. The van der Waals surface area contributed by atoms with Crippen molar-refractivity contribution in [3.63, 3.8) is 0 Å². The van der Waals surface area contributed by atoms with E-state index in [1.165, 1.54) is 70.4 Å². The molecule has 0 spiro atoms. The molecule has 1 fully saturated rings. The molecule has 1 aliphatic rings. The van der Waals surface area contributed by atoms with Crippen LogP contribution >= 0.6 is 11.3 Å². The van der Waals surface area contributed by atoms with Crippen LogP contribution in [0.5, 0.6) is 0 Å². The summed E-state index contributed by atoms with van der Waals surface area (Å²) in [5.74, 6) is 1.30. The minimum absolute atomic E-state index is 0.548. The largest absolute Gasteiger partial charge is 0.292 e. The van der Waals surface area contributed by atoms with E-state index in [-0.39, 0.29) is 0 Å². The minimum Gasteiger partial charge on any atom is -0.235 e. The van der Waals surface area contributed by atoms with Gasteiger partial charge in [0.05, 0.1) is 22.8 Å². The zero-order valence-corrected chi connectivity index (χ0v) is 19.5. The third-order valence-corrected chi connectivity index (χ3v) is 8.07. The van der Waals surface area contributed by atoms with Crippen molar-refractivity contribution in [2.75, 3.05) is 0 Å². The first-order valence-corrected chi connectivity index (χ1v) is 12.5. The maximum atomic E-state index is 5.21. The average Bonchev–Trinajstić information content (AvgIpc) is 3.40. The van der Waals surface area contributed by atoms with E-state index in [1.807, 2.05) is 0 Å². The van der Waals surface area contributed by atoms with Crippen molar-refractivity contribution < 1.29 is 4.57 Å². The third kappa shape index (κ3) is 3.08. The lowest BCUT2D eigenvalue weighted by Gasteiger charge is -2.21. The number of fused-ring (bicyclic) bond motifs is 2. The monoisotopic (exact) mass is 438 g/mol. The summed E-state index contributed by atoms with van der Waals surface area (Å²) in [4.78, 5) is 5.21. The van der Waals surface area contributed by atoms with E-state index in [9.17, 15) is 0 Å². The molecule has 0 atom stereocenters. The summed E-state index contributed by atoms with van der Waals surface area (Å²) in [6.07, 6.45) is 6.51. The molecule has 0 amide bonds. The first-order valence-electron chi connectivity index (χ1n) is 11.7. The number of nitrogens with zero attached hydrogens (tertiary/aromatic N) is 3. The van der Waals surface area contributed by atoms with Crippen LogP contribution in [0.25, 0.3) is 43.2 Å². The zero-order valence-electron chi connectivity index (χ0n) is 18.7. The Bertz CT molecular complexity index is 1420. The summed E-state index contributed by atoms with van der Waals surface area (Å²) in [5.41, 5.74) is 7.52. The van der Waals surface area contributed by atoms with Gasteiger partial charge in [0.15, 0.2) is 11.0 Å². The second kappa shape index (κ2) is 7.86. The van der Waals surface area contributed by atoms with E-state index in [0.717, 1.165) is 10.5 Å². The van der Waals surface area contributed by atoms with E-state index < -0.39 is 0 Å². The fraction of sp³-hybridized carbons (Fsp3) is 0.286. The van der Waals surface area contributed by atoms with Gasteiger partial charge in [0.2, 0.25) is 0 Å². The normalized spacial score (nSPS) is 15.1. The summed E-state index contributed by atoms with van der Waals surface area (Å²) in [5, 5.41) is 1.09. The predicted octanol–water partition coefficient (Wildman–Crippen LogP) is 7.22. The number of aryl methyl sites for hydroxylation is 2. The Hall–Kier alpha value is -2.98. The summed E-state index contributed by atoms with van der Waals surface area (Å²) in [6.45, 7) is 2.24. The molecule has 160 valence electrons. The van der Waals surface area contributed by atoms with Crippen LogP contribution in [0.3, 0.4) is 0 Å².